The number of imidazole rings is 1. The molecule has 17 heavy (non-hydrogen) atoms. The maximum atomic E-state index is 5.86. The van der Waals surface area contributed by atoms with Crippen LogP contribution in [0.1, 0.15) is 25.5 Å². The highest BCUT2D eigenvalue weighted by molar-refractivity contribution is 5.30. The number of nitrogens with two attached hydrogens (primary N) is 1. The van der Waals surface area contributed by atoms with Crippen LogP contribution in [0.4, 0.5) is 0 Å². The number of hydrogen-bond acceptors (Lipinski definition) is 3. The molecule has 2 heterocycles. The predicted octanol–water partition coefficient (Wildman–Crippen LogP) is 1.30. The molecular formula is C12H19N5. The number of rotatable bonds is 4. The summed E-state index contributed by atoms with van der Waals surface area (Å²) in [5.74, 6) is 0.810. The van der Waals surface area contributed by atoms with Crippen LogP contribution in [0.15, 0.2) is 24.9 Å². The molecule has 5 nitrogen and oxygen atoms in total. The Kier molecular flexibility index (Phi) is 3.28. The van der Waals surface area contributed by atoms with E-state index in [0.717, 1.165) is 11.4 Å². The van der Waals surface area contributed by atoms with Crippen molar-refractivity contribution in [3.63, 3.8) is 0 Å². The Labute approximate surface area is 101 Å². The minimum Gasteiger partial charge on any atom is -0.330 e. The summed E-state index contributed by atoms with van der Waals surface area (Å²) in [6, 6.07) is 0. The lowest BCUT2D eigenvalue weighted by Gasteiger charge is -2.19. The fourth-order valence-corrected chi connectivity index (χ4v) is 2.06. The van der Waals surface area contributed by atoms with Crippen molar-refractivity contribution in [3.05, 3.63) is 30.6 Å². The highest BCUT2D eigenvalue weighted by Gasteiger charge is 2.19. The smallest absolute Gasteiger partial charge is 0.0995 e. The van der Waals surface area contributed by atoms with Gasteiger partial charge in [-0.1, -0.05) is 13.8 Å². The third-order valence-corrected chi connectivity index (χ3v) is 3.08. The Morgan fingerprint density at radius 1 is 1.35 bits per heavy atom. The monoisotopic (exact) mass is 233 g/mol. The van der Waals surface area contributed by atoms with E-state index in [1.165, 1.54) is 0 Å². The van der Waals surface area contributed by atoms with Crippen molar-refractivity contribution in [2.45, 2.75) is 19.8 Å². The fourth-order valence-electron chi connectivity index (χ4n) is 2.06. The van der Waals surface area contributed by atoms with Gasteiger partial charge in [0, 0.05) is 37.6 Å². The lowest BCUT2D eigenvalue weighted by molar-refractivity contribution is 0.490. The summed E-state index contributed by atoms with van der Waals surface area (Å²) < 4.78 is 3.84. The van der Waals surface area contributed by atoms with Gasteiger partial charge in [-0.15, -0.1) is 0 Å². The molecule has 0 spiro atoms. The van der Waals surface area contributed by atoms with E-state index in [1.807, 2.05) is 32.0 Å². The normalized spacial score (nSPS) is 13.2. The molecule has 1 atom stereocenters. The number of aromatic nitrogens is 4. The fraction of sp³-hybridized carbons (Fsp3) is 0.500. The molecule has 2 rings (SSSR count). The molecule has 2 aromatic rings. The summed E-state index contributed by atoms with van der Waals surface area (Å²) >= 11 is 0. The quantitative estimate of drug-likeness (QED) is 0.866. The highest BCUT2D eigenvalue weighted by atomic mass is 15.3. The second-order valence-corrected chi connectivity index (χ2v) is 4.65. The maximum absolute atomic E-state index is 5.86. The predicted molar refractivity (Wildman–Crippen MR) is 67.0 cm³/mol. The molecule has 0 aliphatic heterocycles. The molecule has 0 fully saturated rings. The van der Waals surface area contributed by atoms with E-state index in [2.05, 4.69) is 28.5 Å². The van der Waals surface area contributed by atoms with Gasteiger partial charge in [-0.25, -0.2) is 4.98 Å². The molecule has 92 valence electrons. The van der Waals surface area contributed by atoms with Crippen molar-refractivity contribution in [2.75, 3.05) is 6.54 Å². The van der Waals surface area contributed by atoms with Gasteiger partial charge in [-0.3, -0.25) is 9.25 Å². The van der Waals surface area contributed by atoms with E-state index in [4.69, 9.17) is 5.73 Å². The first-order chi connectivity index (χ1) is 8.13. The van der Waals surface area contributed by atoms with E-state index in [1.54, 1.807) is 4.68 Å². The topological polar surface area (TPSA) is 61.7 Å². The van der Waals surface area contributed by atoms with Crippen molar-refractivity contribution in [2.24, 2.45) is 18.7 Å². The van der Waals surface area contributed by atoms with Crippen LogP contribution in [0.25, 0.3) is 5.69 Å². The first-order valence-corrected chi connectivity index (χ1v) is 5.84. The van der Waals surface area contributed by atoms with Crippen LogP contribution in [-0.4, -0.2) is 25.9 Å². The van der Waals surface area contributed by atoms with Gasteiger partial charge in [0.05, 0.1) is 18.2 Å². The zero-order chi connectivity index (χ0) is 12.4. The Bertz CT molecular complexity index is 483. The van der Waals surface area contributed by atoms with E-state index in [-0.39, 0.29) is 0 Å². The standard InChI is InChI=1S/C12H19N5/c1-9(2)11(4-13)12-6-14-8-17(12)10-5-15-16(3)7-10/h5-9,11H,4,13H2,1-3H3. The lowest BCUT2D eigenvalue weighted by Crippen LogP contribution is -2.20. The highest BCUT2D eigenvalue weighted by Crippen LogP contribution is 2.25. The van der Waals surface area contributed by atoms with Crippen LogP contribution in [0.5, 0.6) is 0 Å². The minimum absolute atomic E-state index is 0.317. The molecule has 5 heteroatoms. The van der Waals surface area contributed by atoms with Crippen molar-refractivity contribution < 1.29 is 0 Å². The number of aryl methyl sites for hydroxylation is 1. The second kappa shape index (κ2) is 4.71. The summed E-state index contributed by atoms with van der Waals surface area (Å²) in [4.78, 5) is 4.23. The third kappa shape index (κ3) is 2.24. The average Bonchev–Trinajstić information content (AvgIpc) is 2.87. The van der Waals surface area contributed by atoms with Gasteiger partial charge >= 0.3 is 0 Å². The molecule has 0 aliphatic rings. The molecule has 0 bridgehead atoms. The van der Waals surface area contributed by atoms with Crippen molar-refractivity contribution in [1.82, 2.24) is 19.3 Å². The maximum Gasteiger partial charge on any atom is 0.0995 e. The SMILES string of the molecule is CC(C)C(CN)c1cncn1-c1cnn(C)c1. The molecule has 2 N–H and O–H groups in total. The summed E-state index contributed by atoms with van der Waals surface area (Å²) in [6.45, 7) is 4.99. The van der Waals surface area contributed by atoms with E-state index in [9.17, 15) is 0 Å². The van der Waals surface area contributed by atoms with Crippen LogP contribution >= 0.6 is 0 Å². The van der Waals surface area contributed by atoms with E-state index >= 15 is 0 Å². The lowest BCUT2D eigenvalue weighted by atomic mass is 9.93. The van der Waals surface area contributed by atoms with Gasteiger partial charge < -0.3 is 5.73 Å². The number of nitrogens with zero attached hydrogens (tertiary/aromatic N) is 4. The largest absolute Gasteiger partial charge is 0.330 e. The zero-order valence-corrected chi connectivity index (χ0v) is 10.5. The molecular weight excluding hydrogens is 214 g/mol. The molecule has 1 unspecified atom stereocenters. The molecule has 0 amide bonds. The van der Waals surface area contributed by atoms with Crippen LogP contribution in [0.3, 0.4) is 0 Å². The first-order valence-electron chi connectivity index (χ1n) is 5.84. The Hall–Kier alpha value is -1.62. The Balaban J connectivity index is 2.40. The van der Waals surface area contributed by atoms with Gasteiger partial charge in [0.2, 0.25) is 0 Å². The number of hydrogen-bond donors (Lipinski definition) is 1. The Morgan fingerprint density at radius 2 is 2.12 bits per heavy atom. The minimum atomic E-state index is 0.317. The first kappa shape index (κ1) is 11.9. The summed E-state index contributed by atoms with van der Waals surface area (Å²) in [7, 11) is 1.91. The van der Waals surface area contributed by atoms with Crippen LogP contribution < -0.4 is 5.73 Å². The van der Waals surface area contributed by atoms with E-state index in [0.29, 0.717) is 18.4 Å². The van der Waals surface area contributed by atoms with Gasteiger partial charge in [0.25, 0.3) is 0 Å². The van der Waals surface area contributed by atoms with Crippen molar-refractivity contribution in [3.8, 4) is 5.69 Å². The van der Waals surface area contributed by atoms with E-state index < -0.39 is 0 Å². The molecule has 0 saturated carbocycles. The van der Waals surface area contributed by atoms with Crippen LogP contribution in [0, 0.1) is 5.92 Å². The van der Waals surface area contributed by atoms with Crippen LogP contribution in [-0.2, 0) is 7.05 Å². The molecule has 0 aliphatic carbocycles. The summed E-state index contributed by atoms with van der Waals surface area (Å²) in [6.07, 6.45) is 7.51. The molecule has 0 saturated heterocycles. The van der Waals surface area contributed by atoms with Gasteiger partial charge in [-0.05, 0) is 5.92 Å². The molecule has 0 aromatic carbocycles. The molecule has 0 radical (unpaired) electrons. The molecule has 2 aromatic heterocycles. The summed E-state index contributed by atoms with van der Waals surface area (Å²) in [5.41, 5.74) is 8.03. The Morgan fingerprint density at radius 3 is 2.65 bits per heavy atom. The van der Waals surface area contributed by atoms with Crippen molar-refractivity contribution >= 4 is 0 Å². The summed E-state index contributed by atoms with van der Waals surface area (Å²) in [5, 5.41) is 4.18. The average molecular weight is 233 g/mol. The second-order valence-electron chi connectivity index (χ2n) is 4.65. The van der Waals surface area contributed by atoms with Crippen molar-refractivity contribution in [1.29, 1.82) is 0 Å². The third-order valence-electron chi connectivity index (χ3n) is 3.08. The van der Waals surface area contributed by atoms with Crippen LogP contribution in [0.2, 0.25) is 0 Å². The zero-order valence-electron chi connectivity index (χ0n) is 10.5. The van der Waals surface area contributed by atoms with Gasteiger partial charge in [0.1, 0.15) is 0 Å². The van der Waals surface area contributed by atoms with Gasteiger partial charge in [-0.2, -0.15) is 5.10 Å². The van der Waals surface area contributed by atoms with Gasteiger partial charge in [0.15, 0.2) is 0 Å².